The first kappa shape index (κ1) is 8.08. The highest BCUT2D eigenvalue weighted by molar-refractivity contribution is 5.34. The number of hydrogen-bond donors (Lipinski definition) is 1. The molecule has 0 spiro atoms. The Bertz CT molecular complexity index is 226. The van der Waals surface area contributed by atoms with Crippen LogP contribution in [0.1, 0.15) is 6.92 Å². The maximum Gasteiger partial charge on any atom is 0.0943 e. The highest BCUT2D eigenvalue weighted by Crippen LogP contribution is 2.10. The van der Waals surface area contributed by atoms with Crippen LogP contribution in [-0.4, -0.2) is 13.2 Å². The first-order valence-electron chi connectivity index (χ1n) is 3.59. The smallest absolute Gasteiger partial charge is 0.0943 e. The van der Waals surface area contributed by atoms with Crippen molar-refractivity contribution in [2.45, 2.75) is 13.0 Å². The lowest BCUT2D eigenvalue weighted by atomic mass is 10.2. The second-order valence-electron chi connectivity index (χ2n) is 2.56. The highest BCUT2D eigenvalue weighted by atomic mass is 16.5. The van der Waals surface area contributed by atoms with E-state index >= 15 is 0 Å². The van der Waals surface area contributed by atoms with Crippen LogP contribution < -0.4 is 5.73 Å². The normalized spacial score (nSPS) is 24.0. The van der Waals surface area contributed by atoms with Gasteiger partial charge in [0.2, 0.25) is 0 Å². The summed E-state index contributed by atoms with van der Waals surface area (Å²) in [5.41, 5.74) is 7.56. The number of ether oxygens (including phenoxy) is 1. The molecule has 0 aromatic carbocycles. The molecule has 2 N–H and O–H groups in total. The van der Waals surface area contributed by atoms with Crippen molar-refractivity contribution < 1.29 is 4.74 Å². The Labute approximate surface area is 67.0 Å². The average molecular weight is 151 g/mol. The molecule has 0 heterocycles. The summed E-state index contributed by atoms with van der Waals surface area (Å²) in [7, 11) is 1.68. The van der Waals surface area contributed by atoms with Crippen LogP contribution in [0.4, 0.5) is 0 Å². The molecule has 0 fully saturated rings. The second-order valence-corrected chi connectivity index (χ2v) is 2.56. The Kier molecular flexibility index (Phi) is 2.49. The summed E-state index contributed by atoms with van der Waals surface area (Å²) in [5, 5.41) is 0. The van der Waals surface area contributed by atoms with Crippen molar-refractivity contribution in [3.8, 4) is 0 Å². The van der Waals surface area contributed by atoms with Crippen molar-refractivity contribution in [1.82, 2.24) is 0 Å². The quantitative estimate of drug-likeness (QED) is 0.614. The zero-order valence-electron chi connectivity index (χ0n) is 6.87. The van der Waals surface area contributed by atoms with E-state index in [1.54, 1.807) is 7.11 Å². The van der Waals surface area contributed by atoms with E-state index in [2.05, 4.69) is 0 Å². The van der Waals surface area contributed by atoms with Gasteiger partial charge in [0.1, 0.15) is 0 Å². The van der Waals surface area contributed by atoms with Gasteiger partial charge in [0.25, 0.3) is 0 Å². The molecular weight excluding hydrogens is 138 g/mol. The van der Waals surface area contributed by atoms with Gasteiger partial charge in [-0.1, -0.05) is 12.2 Å². The van der Waals surface area contributed by atoms with Gasteiger partial charge < -0.3 is 10.5 Å². The first-order valence-corrected chi connectivity index (χ1v) is 3.59. The molecule has 0 bridgehead atoms. The van der Waals surface area contributed by atoms with Crippen LogP contribution in [0.15, 0.2) is 35.6 Å². The third kappa shape index (κ3) is 1.95. The van der Waals surface area contributed by atoms with Crippen molar-refractivity contribution in [2.75, 3.05) is 7.11 Å². The minimum atomic E-state index is 0.0623. The number of allylic oxidation sites excluding steroid dienone is 3. The predicted molar refractivity (Wildman–Crippen MR) is 46.0 cm³/mol. The zero-order chi connectivity index (χ0) is 8.27. The van der Waals surface area contributed by atoms with E-state index in [1.807, 2.05) is 31.2 Å². The number of methoxy groups -OCH3 is 1. The van der Waals surface area contributed by atoms with Crippen molar-refractivity contribution in [1.29, 1.82) is 0 Å². The maximum absolute atomic E-state index is 5.68. The van der Waals surface area contributed by atoms with Crippen LogP contribution in [0.3, 0.4) is 0 Å². The molecule has 1 aliphatic rings. The summed E-state index contributed by atoms with van der Waals surface area (Å²) >= 11 is 0. The minimum Gasteiger partial charge on any atom is -0.399 e. The van der Waals surface area contributed by atoms with Gasteiger partial charge in [-0.25, -0.2) is 0 Å². The van der Waals surface area contributed by atoms with Crippen LogP contribution in [0.25, 0.3) is 0 Å². The lowest BCUT2D eigenvalue weighted by Gasteiger charge is -2.04. The summed E-state index contributed by atoms with van der Waals surface area (Å²) in [6.07, 6.45) is 7.81. The molecule has 11 heavy (non-hydrogen) atoms. The van der Waals surface area contributed by atoms with E-state index in [0.29, 0.717) is 0 Å². The molecule has 0 aromatic heterocycles. The Balaban J connectivity index is 2.84. The topological polar surface area (TPSA) is 35.2 Å². The fourth-order valence-corrected chi connectivity index (χ4v) is 0.945. The Morgan fingerprint density at radius 3 is 2.91 bits per heavy atom. The molecule has 0 saturated heterocycles. The van der Waals surface area contributed by atoms with Crippen LogP contribution >= 0.6 is 0 Å². The summed E-state index contributed by atoms with van der Waals surface area (Å²) in [5.74, 6) is 0. The van der Waals surface area contributed by atoms with Gasteiger partial charge >= 0.3 is 0 Å². The van der Waals surface area contributed by atoms with Gasteiger partial charge in [-0.15, -0.1) is 0 Å². The highest BCUT2D eigenvalue weighted by Gasteiger charge is 2.02. The average Bonchev–Trinajstić information content (AvgIpc) is 2.15. The fourth-order valence-electron chi connectivity index (χ4n) is 0.945. The molecule has 1 atom stereocenters. The molecule has 1 unspecified atom stereocenters. The molecule has 1 aliphatic carbocycles. The number of hydrogen-bond acceptors (Lipinski definition) is 2. The van der Waals surface area contributed by atoms with E-state index in [0.717, 1.165) is 11.3 Å². The fraction of sp³-hybridized carbons (Fsp3) is 0.333. The molecule has 1 rings (SSSR count). The van der Waals surface area contributed by atoms with Crippen LogP contribution in [0, 0.1) is 0 Å². The molecule has 0 saturated carbocycles. The van der Waals surface area contributed by atoms with Crippen LogP contribution in [0.5, 0.6) is 0 Å². The summed E-state index contributed by atoms with van der Waals surface area (Å²) < 4.78 is 5.14. The maximum atomic E-state index is 5.68. The van der Waals surface area contributed by atoms with E-state index in [1.165, 1.54) is 0 Å². The van der Waals surface area contributed by atoms with Crippen molar-refractivity contribution >= 4 is 0 Å². The van der Waals surface area contributed by atoms with Crippen LogP contribution in [-0.2, 0) is 4.74 Å². The first-order chi connectivity index (χ1) is 5.24. The molecule has 0 aromatic rings. The Hall–Kier alpha value is -1.02. The van der Waals surface area contributed by atoms with Gasteiger partial charge in [-0.3, -0.25) is 0 Å². The van der Waals surface area contributed by atoms with Crippen molar-refractivity contribution in [2.24, 2.45) is 5.73 Å². The Morgan fingerprint density at radius 2 is 2.27 bits per heavy atom. The molecule has 0 radical (unpaired) electrons. The predicted octanol–water partition coefficient (Wildman–Crippen LogP) is 1.36. The van der Waals surface area contributed by atoms with E-state index < -0.39 is 0 Å². The number of rotatable bonds is 1. The Morgan fingerprint density at radius 1 is 1.55 bits per heavy atom. The van der Waals surface area contributed by atoms with Gasteiger partial charge in [0.05, 0.1) is 6.10 Å². The molecular formula is C9H13NO. The van der Waals surface area contributed by atoms with Gasteiger partial charge in [0.15, 0.2) is 0 Å². The molecule has 0 amide bonds. The molecule has 2 nitrogen and oxygen atoms in total. The third-order valence-corrected chi connectivity index (χ3v) is 1.72. The monoisotopic (exact) mass is 151 g/mol. The number of nitrogens with two attached hydrogens (primary N) is 1. The molecule has 0 aliphatic heterocycles. The zero-order valence-corrected chi connectivity index (χ0v) is 6.87. The lowest BCUT2D eigenvalue weighted by Crippen LogP contribution is -2.04. The van der Waals surface area contributed by atoms with Crippen LogP contribution in [0.2, 0.25) is 0 Å². The molecule has 60 valence electrons. The van der Waals surface area contributed by atoms with E-state index in [4.69, 9.17) is 10.5 Å². The standard InChI is InChI=1S/C9H13NO/c1-7-6-8(11-2)4-3-5-9(7)10/h3-6,8H,10H2,1-2H3. The summed E-state index contributed by atoms with van der Waals surface area (Å²) in [6.45, 7) is 1.98. The van der Waals surface area contributed by atoms with Gasteiger partial charge in [-0.2, -0.15) is 0 Å². The largest absolute Gasteiger partial charge is 0.399 e. The lowest BCUT2D eigenvalue weighted by molar-refractivity contribution is 0.177. The van der Waals surface area contributed by atoms with E-state index in [9.17, 15) is 0 Å². The van der Waals surface area contributed by atoms with E-state index in [-0.39, 0.29) is 6.10 Å². The summed E-state index contributed by atoms with van der Waals surface area (Å²) in [4.78, 5) is 0. The van der Waals surface area contributed by atoms with Crippen molar-refractivity contribution in [3.05, 3.63) is 35.6 Å². The van der Waals surface area contributed by atoms with Crippen molar-refractivity contribution in [3.63, 3.8) is 0 Å². The third-order valence-electron chi connectivity index (χ3n) is 1.72. The SMILES string of the molecule is COC1C=CC=C(N)C(C)=C1. The second kappa shape index (κ2) is 3.39. The summed E-state index contributed by atoms with van der Waals surface area (Å²) in [6, 6.07) is 0. The minimum absolute atomic E-state index is 0.0623. The molecule has 2 heteroatoms. The van der Waals surface area contributed by atoms with Gasteiger partial charge in [-0.05, 0) is 24.6 Å². The van der Waals surface area contributed by atoms with Gasteiger partial charge in [0, 0.05) is 12.8 Å².